The van der Waals surface area contributed by atoms with Crippen LogP contribution >= 0.6 is 0 Å². The van der Waals surface area contributed by atoms with E-state index in [-0.39, 0.29) is 29.8 Å². The lowest BCUT2D eigenvalue weighted by atomic mass is 9.78. The number of hydrogen-bond acceptors (Lipinski definition) is 5. The number of fused-ring (bicyclic) bond motifs is 1. The fraction of sp³-hybridized carbons (Fsp3) is 0.517. The van der Waals surface area contributed by atoms with Crippen molar-refractivity contribution in [1.29, 1.82) is 0 Å². The van der Waals surface area contributed by atoms with Crippen molar-refractivity contribution in [3.05, 3.63) is 48.3 Å². The van der Waals surface area contributed by atoms with Crippen LogP contribution < -0.4 is 10.8 Å². The standard InChI is InChI=1S/C29H40BN3O4/c1-26(2,3)23(33-25(34)35-27(4,5)6)24-31-21-16-13-19(17-22(21)32-24)18-11-14-20(15-12-18)30-36-28(7,8)29(9,10)37-30/h11-17,23H,1-10H3,(H,31,32)(H,33,34). The van der Waals surface area contributed by atoms with Crippen LogP contribution in [-0.2, 0) is 14.0 Å². The lowest BCUT2D eigenvalue weighted by Gasteiger charge is -2.32. The zero-order valence-corrected chi connectivity index (χ0v) is 23.8. The number of imidazole rings is 1. The maximum atomic E-state index is 12.5. The van der Waals surface area contributed by atoms with Crippen LogP contribution in [0.5, 0.6) is 0 Å². The van der Waals surface area contributed by atoms with Crippen LogP contribution in [0.15, 0.2) is 42.5 Å². The van der Waals surface area contributed by atoms with Gasteiger partial charge in [-0.05, 0) is 82.6 Å². The van der Waals surface area contributed by atoms with E-state index in [1.807, 2.05) is 26.8 Å². The molecule has 2 aromatic carbocycles. The van der Waals surface area contributed by atoms with E-state index in [1.165, 1.54) is 0 Å². The van der Waals surface area contributed by atoms with Crippen LogP contribution in [0.4, 0.5) is 4.79 Å². The van der Waals surface area contributed by atoms with E-state index in [0.29, 0.717) is 5.82 Å². The van der Waals surface area contributed by atoms with Crippen LogP contribution in [-0.4, -0.2) is 40.0 Å². The Morgan fingerprint density at radius 1 is 0.946 bits per heavy atom. The van der Waals surface area contributed by atoms with Crippen molar-refractivity contribution in [3.63, 3.8) is 0 Å². The molecule has 8 heteroatoms. The van der Waals surface area contributed by atoms with Gasteiger partial charge in [-0.1, -0.05) is 51.1 Å². The topological polar surface area (TPSA) is 85.5 Å². The van der Waals surface area contributed by atoms with E-state index in [0.717, 1.165) is 27.6 Å². The first kappa shape index (κ1) is 27.2. The number of nitrogens with one attached hydrogen (secondary N) is 2. The fourth-order valence-corrected chi connectivity index (χ4v) is 4.28. The third-order valence-electron chi connectivity index (χ3n) is 7.07. The number of H-pyrrole nitrogens is 1. The quantitative estimate of drug-likeness (QED) is 0.416. The van der Waals surface area contributed by atoms with Gasteiger partial charge in [0.2, 0.25) is 0 Å². The van der Waals surface area contributed by atoms with E-state index in [9.17, 15) is 4.79 Å². The van der Waals surface area contributed by atoms with Gasteiger partial charge in [0.15, 0.2) is 0 Å². The van der Waals surface area contributed by atoms with E-state index >= 15 is 0 Å². The van der Waals surface area contributed by atoms with Crippen LogP contribution in [0.3, 0.4) is 0 Å². The molecular weight excluding hydrogens is 465 g/mol. The highest BCUT2D eigenvalue weighted by atomic mass is 16.7. The summed E-state index contributed by atoms with van der Waals surface area (Å²) < 4.78 is 17.9. The van der Waals surface area contributed by atoms with Crippen molar-refractivity contribution in [3.8, 4) is 11.1 Å². The number of amides is 1. The summed E-state index contributed by atoms with van der Waals surface area (Å²) in [7, 11) is -0.386. The number of hydrogen-bond donors (Lipinski definition) is 2. The minimum Gasteiger partial charge on any atom is -0.444 e. The zero-order valence-electron chi connectivity index (χ0n) is 23.8. The fourth-order valence-electron chi connectivity index (χ4n) is 4.28. The molecule has 198 valence electrons. The molecule has 4 rings (SSSR count). The average Bonchev–Trinajstić information content (AvgIpc) is 3.26. The number of carbonyl (C=O) groups excluding carboxylic acids is 1. The molecule has 1 aliphatic heterocycles. The summed E-state index contributed by atoms with van der Waals surface area (Å²) in [6, 6.07) is 14.1. The van der Waals surface area contributed by atoms with Crippen molar-refractivity contribution >= 4 is 29.7 Å². The molecule has 1 saturated heterocycles. The molecule has 1 aliphatic rings. The maximum Gasteiger partial charge on any atom is 0.494 e. The van der Waals surface area contributed by atoms with Crippen LogP contribution in [0.2, 0.25) is 0 Å². The first-order valence-corrected chi connectivity index (χ1v) is 12.9. The molecule has 3 aromatic rings. The average molecular weight is 505 g/mol. The van der Waals surface area contributed by atoms with Gasteiger partial charge in [-0.2, -0.15) is 0 Å². The highest BCUT2D eigenvalue weighted by Crippen LogP contribution is 2.37. The Kier molecular flexibility index (Phi) is 6.74. The Morgan fingerprint density at radius 2 is 1.51 bits per heavy atom. The van der Waals surface area contributed by atoms with Crippen LogP contribution in [0.1, 0.15) is 81.1 Å². The van der Waals surface area contributed by atoms with Crippen LogP contribution in [0, 0.1) is 5.41 Å². The molecule has 0 radical (unpaired) electrons. The highest BCUT2D eigenvalue weighted by molar-refractivity contribution is 6.62. The van der Waals surface area contributed by atoms with Crippen molar-refractivity contribution in [2.75, 3.05) is 0 Å². The minimum absolute atomic E-state index is 0.281. The Balaban J connectivity index is 1.57. The summed E-state index contributed by atoms with van der Waals surface area (Å²) in [6.45, 7) is 20.0. The molecular formula is C29H40BN3O4. The first-order chi connectivity index (χ1) is 17.0. The molecule has 0 saturated carbocycles. The number of carbonyl (C=O) groups is 1. The number of aromatic amines is 1. The molecule has 0 bridgehead atoms. The van der Waals surface area contributed by atoms with E-state index in [4.69, 9.17) is 19.0 Å². The summed E-state index contributed by atoms with van der Waals surface area (Å²) in [6.07, 6.45) is -0.462. The van der Waals surface area contributed by atoms with Crippen molar-refractivity contribution in [1.82, 2.24) is 15.3 Å². The summed E-state index contributed by atoms with van der Waals surface area (Å²) in [5.41, 5.74) is 3.29. The zero-order chi connectivity index (χ0) is 27.4. The predicted molar refractivity (Wildman–Crippen MR) is 149 cm³/mol. The van der Waals surface area contributed by atoms with Crippen LogP contribution in [0.25, 0.3) is 22.2 Å². The number of benzene rings is 2. The van der Waals surface area contributed by atoms with Gasteiger partial charge in [-0.25, -0.2) is 9.78 Å². The number of alkyl carbamates (subject to hydrolysis) is 1. The summed E-state index contributed by atoms with van der Waals surface area (Å²) in [5, 5.41) is 3.00. The molecule has 1 fully saturated rings. The second-order valence-corrected chi connectivity index (χ2v) is 13.0. The molecule has 7 nitrogen and oxygen atoms in total. The molecule has 1 amide bonds. The minimum atomic E-state index is -0.576. The first-order valence-electron chi connectivity index (χ1n) is 12.9. The normalized spacial score (nSPS) is 18.2. The number of aromatic nitrogens is 2. The molecule has 2 N–H and O–H groups in total. The maximum absolute atomic E-state index is 12.5. The second kappa shape index (κ2) is 9.17. The Bertz CT molecular complexity index is 1270. The second-order valence-electron chi connectivity index (χ2n) is 13.0. The lowest BCUT2D eigenvalue weighted by molar-refractivity contribution is 0.00578. The summed E-state index contributed by atoms with van der Waals surface area (Å²) >= 11 is 0. The molecule has 2 heterocycles. The van der Waals surface area contributed by atoms with Crippen molar-refractivity contribution in [2.45, 2.75) is 92.1 Å². The Hall–Kier alpha value is -2.84. The van der Waals surface area contributed by atoms with E-state index in [2.05, 4.69) is 95.2 Å². The largest absolute Gasteiger partial charge is 0.494 e. The molecule has 1 atom stereocenters. The van der Waals surface area contributed by atoms with Gasteiger partial charge >= 0.3 is 13.2 Å². The van der Waals surface area contributed by atoms with Gasteiger partial charge < -0.3 is 24.3 Å². The Labute approximate surface area is 220 Å². The van der Waals surface area contributed by atoms with Gasteiger partial charge in [0.1, 0.15) is 11.4 Å². The van der Waals surface area contributed by atoms with E-state index in [1.54, 1.807) is 0 Å². The third-order valence-corrected chi connectivity index (χ3v) is 7.07. The molecule has 0 aliphatic carbocycles. The molecule has 1 aromatic heterocycles. The van der Waals surface area contributed by atoms with Crippen molar-refractivity contribution < 1.29 is 18.8 Å². The predicted octanol–water partition coefficient (Wildman–Crippen LogP) is 6.14. The number of nitrogens with zero attached hydrogens (tertiary/aromatic N) is 1. The molecule has 37 heavy (non-hydrogen) atoms. The summed E-state index contributed by atoms with van der Waals surface area (Å²) in [5.74, 6) is 0.696. The molecule has 1 unspecified atom stereocenters. The van der Waals surface area contributed by atoms with Gasteiger partial charge in [-0.15, -0.1) is 0 Å². The van der Waals surface area contributed by atoms with Gasteiger partial charge in [-0.3, -0.25) is 0 Å². The number of rotatable bonds is 4. The third kappa shape index (κ3) is 5.86. The SMILES string of the molecule is CC(C)(C)OC(=O)NC(c1nc2ccc(-c3ccc(B4OC(C)(C)C(C)(C)O4)cc3)cc2[nH]1)C(C)(C)C. The lowest BCUT2D eigenvalue weighted by Crippen LogP contribution is -2.41. The highest BCUT2D eigenvalue weighted by Gasteiger charge is 2.51. The van der Waals surface area contributed by atoms with Gasteiger partial charge in [0.05, 0.1) is 28.3 Å². The van der Waals surface area contributed by atoms with Crippen molar-refractivity contribution in [2.24, 2.45) is 5.41 Å². The van der Waals surface area contributed by atoms with Gasteiger partial charge in [0, 0.05) is 0 Å². The smallest absolute Gasteiger partial charge is 0.444 e. The molecule has 0 spiro atoms. The Morgan fingerprint density at radius 3 is 2.05 bits per heavy atom. The van der Waals surface area contributed by atoms with E-state index < -0.39 is 11.7 Å². The number of ether oxygens (including phenoxy) is 1. The summed E-state index contributed by atoms with van der Waals surface area (Å²) in [4.78, 5) is 20.8. The monoisotopic (exact) mass is 505 g/mol. The van der Waals surface area contributed by atoms with Gasteiger partial charge in [0.25, 0.3) is 0 Å².